The summed E-state index contributed by atoms with van der Waals surface area (Å²) in [5.74, 6) is 0.314. The first kappa shape index (κ1) is 12.3. The number of rotatable bonds is 1. The molecule has 90 valence electrons. The molecule has 0 aromatic carbocycles. The number of hydrogen-bond acceptors (Lipinski definition) is 2. The standard InChI is InChI=1S/C12H18Cl2N2/c1-9-7-10(8-11(13)12(9)14)16-5-3-15(2)4-6-16/h7-9,12H,3-6H2,1-2H3. The van der Waals surface area contributed by atoms with Gasteiger partial charge >= 0.3 is 0 Å². The van der Waals surface area contributed by atoms with Crippen molar-refractivity contribution in [2.24, 2.45) is 5.92 Å². The van der Waals surface area contributed by atoms with Gasteiger partial charge in [-0.05, 0) is 19.0 Å². The summed E-state index contributed by atoms with van der Waals surface area (Å²) < 4.78 is 0. The molecule has 16 heavy (non-hydrogen) atoms. The van der Waals surface area contributed by atoms with Gasteiger partial charge in [0.2, 0.25) is 0 Å². The number of likely N-dealkylation sites (N-methyl/N-ethyl adjacent to an activating group) is 1. The normalized spacial score (nSPS) is 32.4. The van der Waals surface area contributed by atoms with Crippen LogP contribution in [0.3, 0.4) is 0 Å². The summed E-state index contributed by atoms with van der Waals surface area (Å²) in [6.07, 6.45) is 4.25. The van der Waals surface area contributed by atoms with Gasteiger partial charge in [-0.1, -0.05) is 24.6 Å². The van der Waals surface area contributed by atoms with Gasteiger partial charge in [-0.3, -0.25) is 0 Å². The van der Waals surface area contributed by atoms with Crippen LogP contribution in [0.2, 0.25) is 0 Å². The lowest BCUT2D eigenvalue weighted by Gasteiger charge is -2.36. The zero-order chi connectivity index (χ0) is 11.7. The van der Waals surface area contributed by atoms with E-state index in [0.29, 0.717) is 5.92 Å². The highest BCUT2D eigenvalue weighted by Crippen LogP contribution is 2.31. The Morgan fingerprint density at radius 1 is 1.25 bits per heavy atom. The van der Waals surface area contributed by atoms with Gasteiger partial charge in [0.05, 0.1) is 5.38 Å². The van der Waals surface area contributed by atoms with E-state index in [2.05, 4.69) is 29.8 Å². The first-order valence-electron chi connectivity index (χ1n) is 5.74. The SMILES string of the molecule is CC1C=C(N2CCN(C)CC2)C=C(Cl)C1Cl. The summed E-state index contributed by atoms with van der Waals surface area (Å²) in [7, 11) is 2.16. The third-order valence-corrected chi connectivity index (χ3v) is 4.40. The summed E-state index contributed by atoms with van der Waals surface area (Å²) in [5, 5.41) is 0.712. The third-order valence-electron chi connectivity index (χ3n) is 3.31. The van der Waals surface area contributed by atoms with Crippen molar-refractivity contribution in [1.82, 2.24) is 9.80 Å². The Hall–Kier alpha value is -0.180. The van der Waals surface area contributed by atoms with E-state index >= 15 is 0 Å². The minimum Gasteiger partial charge on any atom is -0.369 e. The molecule has 0 aromatic heterocycles. The molecule has 1 heterocycles. The first-order valence-corrected chi connectivity index (χ1v) is 6.56. The Bertz CT molecular complexity index is 317. The molecule has 1 saturated heterocycles. The molecule has 0 saturated carbocycles. The van der Waals surface area contributed by atoms with Crippen molar-refractivity contribution in [3.05, 3.63) is 22.9 Å². The molecule has 0 N–H and O–H groups in total. The van der Waals surface area contributed by atoms with Crippen LogP contribution in [0.15, 0.2) is 22.9 Å². The van der Waals surface area contributed by atoms with Gasteiger partial charge in [0.1, 0.15) is 0 Å². The molecule has 2 atom stereocenters. The van der Waals surface area contributed by atoms with Crippen molar-refractivity contribution in [1.29, 1.82) is 0 Å². The maximum atomic E-state index is 6.17. The fourth-order valence-electron chi connectivity index (χ4n) is 2.14. The molecule has 2 aliphatic rings. The Labute approximate surface area is 107 Å². The van der Waals surface area contributed by atoms with Gasteiger partial charge in [-0.15, -0.1) is 11.6 Å². The number of allylic oxidation sites excluding steroid dienone is 3. The molecule has 0 aromatic rings. The fraction of sp³-hybridized carbons (Fsp3) is 0.667. The number of halogens is 2. The predicted molar refractivity (Wildman–Crippen MR) is 69.9 cm³/mol. The Morgan fingerprint density at radius 3 is 2.44 bits per heavy atom. The fourth-order valence-corrected chi connectivity index (χ4v) is 2.58. The highest BCUT2D eigenvalue weighted by atomic mass is 35.5. The van der Waals surface area contributed by atoms with E-state index in [-0.39, 0.29) is 5.38 Å². The van der Waals surface area contributed by atoms with Crippen LogP contribution >= 0.6 is 23.2 Å². The van der Waals surface area contributed by atoms with Gasteiger partial charge in [0, 0.05) is 36.9 Å². The zero-order valence-electron chi connectivity index (χ0n) is 9.79. The molecule has 0 amide bonds. The van der Waals surface area contributed by atoms with Crippen molar-refractivity contribution in [2.75, 3.05) is 33.2 Å². The van der Waals surface area contributed by atoms with Crippen LogP contribution in [0.1, 0.15) is 6.92 Å². The summed E-state index contributed by atoms with van der Waals surface area (Å²) in [5.41, 5.74) is 1.24. The van der Waals surface area contributed by atoms with E-state index in [1.165, 1.54) is 5.70 Å². The smallest absolute Gasteiger partial charge is 0.0753 e. The number of alkyl halides is 1. The second-order valence-corrected chi connectivity index (χ2v) is 5.58. The Balaban J connectivity index is 2.08. The maximum Gasteiger partial charge on any atom is 0.0753 e. The van der Waals surface area contributed by atoms with Crippen LogP contribution in [-0.2, 0) is 0 Å². The average molecular weight is 261 g/mol. The summed E-state index contributed by atoms with van der Waals surface area (Å²) >= 11 is 12.3. The Kier molecular flexibility index (Phi) is 3.83. The van der Waals surface area contributed by atoms with Crippen LogP contribution in [-0.4, -0.2) is 48.4 Å². The van der Waals surface area contributed by atoms with Crippen LogP contribution in [0.4, 0.5) is 0 Å². The second-order valence-electron chi connectivity index (χ2n) is 4.67. The molecule has 4 heteroatoms. The van der Waals surface area contributed by atoms with Gasteiger partial charge in [0.25, 0.3) is 0 Å². The minimum atomic E-state index is -0.0575. The van der Waals surface area contributed by atoms with Crippen LogP contribution in [0.5, 0.6) is 0 Å². The van der Waals surface area contributed by atoms with Crippen molar-refractivity contribution < 1.29 is 0 Å². The third kappa shape index (κ3) is 2.55. The Morgan fingerprint density at radius 2 is 1.88 bits per heavy atom. The highest BCUT2D eigenvalue weighted by Gasteiger charge is 2.24. The van der Waals surface area contributed by atoms with Crippen molar-refractivity contribution in [3.8, 4) is 0 Å². The molecule has 0 bridgehead atoms. The monoisotopic (exact) mass is 260 g/mol. The summed E-state index contributed by atoms with van der Waals surface area (Å²) in [6, 6.07) is 0. The van der Waals surface area contributed by atoms with E-state index in [1.807, 2.05) is 6.08 Å². The largest absolute Gasteiger partial charge is 0.369 e. The van der Waals surface area contributed by atoms with Crippen molar-refractivity contribution >= 4 is 23.2 Å². The molecule has 0 spiro atoms. The maximum absolute atomic E-state index is 6.17. The predicted octanol–water partition coefficient (Wildman–Crippen LogP) is 2.50. The molecule has 1 aliphatic heterocycles. The number of hydrogen-bond donors (Lipinski definition) is 0. The first-order chi connectivity index (χ1) is 7.58. The molecule has 2 rings (SSSR count). The van der Waals surface area contributed by atoms with Gasteiger partial charge in [-0.2, -0.15) is 0 Å². The van der Waals surface area contributed by atoms with E-state index in [0.717, 1.165) is 31.2 Å². The molecule has 1 fully saturated rings. The zero-order valence-corrected chi connectivity index (χ0v) is 11.3. The highest BCUT2D eigenvalue weighted by molar-refractivity contribution is 6.37. The molecule has 2 nitrogen and oxygen atoms in total. The minimum absolute atomic E-state index is 0.0575. The molecule has 0 radical (unpaired) electrons. The van der Waals surface area contributed by atoms with E-state index in [4.69, 9.17) is 23.2 Å². The van der Waals surface area contributed by atoms with E-state index in [9.17, 15) is 0 Å². The summed E-state index contributed by atoms with van der Waals surface area (Å²) in [4.78, 5) is 4.74. The number of nitrogens with zero attached hydrogens (tertiary/aromatic N) is 2. The van der Waals surface area contributed by atoms with E-state index < -0.39 is 0 Å². The van der Waals surface area contributed by atoms with Crippen LogP contribution in [0.25, 0.3) is 0 Å². The van der Waals surface area contributed by atoms with Crippen molar-refractivity contribution in [3.63, 3.8) is 0 Å². The molecule has 2 unspecified atom stereocenters. The average Bonchev–Trinajstić information content (AvgIpc) is 2.26. The molecular weight excluding hydrogens is 243 g/mol. The lowest BCUT2D eigenvalue weighted by molar-refractivity contribution is 0.189. The number of piperazine rings is 1. The second kappa shape index (κ2) is 4.99. The lowest BCUT2D eigenvalue weighted by Crippen LogP contribution is -2.44. The van der Waals surface area contributed by atoms with Gasteiger partial charge < -0.3 is 9.80 Å². The molecule has 1 aliphatic carbocycles. The van der Waals surface area contributed by atoms with Gasteiger partial charge in [-0.25, -0.2) is 0 Å². The molecular formula is C12H18Cl2N2. The van der Waals surface area contributed by atoms with Gasteiger partial charge in [0.15, 0.2) is 0 Å². The van der Waals surface area contributed by atoms with E-state index in [1.54, 1.807) is 0 Å². The summed E-state index contributed by atoms with van der Waals surface area (Å²) in [6.45, 7) is 6.48. The van der Waals surface area contributed by atoms with Crippen molar-refractivity contribution in [2.45, 2.75) is 12.3 Å². The quantitative estimate of drug-likeness (QED) is 0.669. The topological polar surface area (TPSA) is 6.48 Å². The van der Waals surface area contributed by atoms with Crippen LogP contribution in [0, 0.1) is 5.92 Å². The lowest BCUT2D eigenvalue weighted by atomic mass is 9.99. The van der Waals surface area contributed by atoms with Crippen LogP contribution < -0.4 is 0 Å².